The number of fused-ring (bicyclic) bond motifs is 1. The third-order valence-corrected chi connectivity index (χ3v) is 3.60. The Morgan fingerprint density at radius 1 is 1.10 bits per heavy atom. The van der Waals surface area contributed by atoms with Gasteiger partial charge in [0.1, 0.15) is 0 Å². The van der Waals surface area contributed by atoms with Gasteiger partial charge in [0.15, 0.2) is 0 Å². The van der Waals surface area contributed by atoms with Gasteiger partial charge in [0.05, 0.1) is 23.1 Å². The number of nitrogens with two attached hydrogens (primary N) is 1. The molecule has 0 aliphatic carbocycles. The van der Waals surface area contributed by atoms with E-state index in [0.29, 0.717) is 5.69 Å². The SMILES string of the molecule is Cc1cccc(CCNc2c(N)cnc3ccccc23)c1. The summed E-state index contributed by atoms with van der Waals surface area (Å²) in [6, 6.07) is 16.6. The lowest BCUT2D eigenvalue weighted by atomic mass is 10.1. The maximum Gasteiger partial charge on any atom is 0.0743 e. The molecule has 0 aliphatic heterocycles. The lowest BCUT2D eigenvalue weighted by Crippen LogP contribution is -2.08. The highest BCUT2D eigenvalue weighted by Crippen LogP contribution is 2.27. The average molecular weight is 277 g/mol. The van der Waals surface area contributed by atoms with Gasteiger partial charge >= 0.3 is 0 Å². The molecule has 0 unspecified atom stereocenters. The van der Waals surface area contributed by atoms with Crippen LogP contribution in [0, 0.1) is 6.92 Å². The maximum absolute atomic E-state index is 6.07. The molecule has 0 bridgehead atoms. The predicted octanol–water partition coefficient (Wildman–Crippen LogP) is 3.78. The highest BCUT2D eigenvalue weighted by Gasteiger charge is 2.05. The molecule has 0 spiro atoms. The summed E-state index contributed by atoms with van der Waals surface area (Å²) in [5.74, 6) is 0. The van der Waals surface area contributed by atoms with Gasteiger partial charge in [-0.3, -0.25) is 4.98 Å². The molecule has 3 heteroatoms. The Morgan fingerprint density at radius 2 is 1.95 bits per heavy atom. The second kappa shape index (κ2) is 5.83. The molecule has 1 heterocycles. The topological polar surface area (TPSA) is 50.9 Å². The minimum Gasteiger partial charge on any atom is -0.396 e. The standard InChI is InChI=1S/C18H19N3/c1-13-5-4-6-14(11-13)9-10-20-18-15-7-2-3-8-17(15)21-12-16(18)19/h2-8,11-12H,9-10,19H2,1H3,(H,20,21). The number of pyridine rings is 1. The zero-order valence-electron chi connectivity index (χ0n) is 12.1. The van der Waals surface area contributed by atoms with Crippen molar-refractivity contribution in [3.05, 3.63) is 65.9 Å². The van der Waals surface area contributed by atoms with Crippen LogP contribution in [0.4, 0.5) is 11.4 Å². The Bertz CT molecular complexity index is 765. The van der Waals surface area contributed by atoms with Crippen molar-refractivity contribution in [2.45, 2.75) is 13.3 Å². The van der Waals surface area contributed by atoms with E-state index < -0.39 is 0 Å². The first-order valence-corrected chi connectivity index (χ1v) is 7.16. The molecule has 0 radical (unpaired) electrons. The molecule has 0 saturated carbocycles. The summed E-state index contributed by atoms with van der Waals surface area (Å²) in [6.45, 7) is 2.97. The fourth-order valence-electron chi connectivity index (χ4n) is 2.55. The highest BCUT2D eigenvalue weighted by molar-refractivity contribution is 5.96. The van der Waals surface area contributed by atoms with E-state index in [1.165, 1.54) is 11.1 Å². The van der Waals surface area contributed by atoms with E-state index in [4.69, 9.17) is 5.73 Å². The Balaban J connectivity index is 1.77. The summed E-state index contributed by atoms with van der Waals surface area (Å²) in [4.78, 5) is 4.35. The number of hydrogen-bond acceptors (Lipinski definition) is 3. The quantitative estimate of drug-likeness (QED) is 0.763. The molecule has 106 valence electrons. The number of anilines is 2. The molecule has 3 rings (SSSR count). The molecule has 3 N–H and O–H groups in total. The first kappa shape index (κ1) is 13.4. The monoisotopic (exact) mass is 277 g/mol. The van der Waals surface area contributed by atoms with Crippen molar-refractivity contribution in [3.8, 4) is 0 Å². The zero-order chi connectivity index (χ0) is 14.7. The first-order valence-electron chi connectivity index (χ1n) is 7.16. The number of nitrogens with zero attached hydrogens (tertiary/aromatic N) is 1. The van der Waals surface area contributed by atoms with E-state index in [-0.39, 0.29) is 0 Å². The second-order valence-corrected chi connectivity index (χ2v) is 5.27. The molecule has 0 aliphatic rings. The van der Waals surface area contributed by atoms with E-state index in [0.717, 1.165) is 29.6 Å². The number of para-hydroxylation sites is 1. The Hall–Kier alpha value is -2.55. The lowest BCUT2D eigenvalue weighted by molar-refractivity contribution is 1.02. The molecular weight excluding hydrogens is 258 g/mol. The van der Waals surface area contributed by atoms with Crippen LogP contribution in [0.5, 0.6) is 0 Å². The van der Waals surface area contributed by atoms with Gasteiger partial charge in [-0.05, 0) is 25.0 Å². The highest BCUT2D eigenvalue weighted by atomic mass is 14.9. The van der Waals surface area contributed by atoms with Crippen LogP contribution in [0.1, 0.15) is 11.1 Å². The summed E-state index contributed by atoms with van der Waals surface area (Å²) < 4.78 is 0. The Morgan fingerprint density at radius 3 is 2.81 bits per heavy atom. The summed E-state index contributed by atoms with van der Waals surface area (Å²) in [5, 5.41) is 4.53. The van der Waals surface area contributed by atoms with Crippen molar-refractivity contribution in [2.75, 3.05) is 17.6 Å². The van der Waals surface area contributed by atoms with Crippen LogP contribution in [-0.4, -0.2) is 11.5 Å². The van der Waals surface area contributed by atoms with Crippen LogP contribution in [0.2, 0.25) is 0 Å². The minimum absolute atomic E-state index is 0.693. The molecule has 0 fully saturated rings. The molecule has 21 heavy (non-hydrogen) atoms. The van der Waals surface area contributed by atoms with Crippen molar-refractivity contribution in [1.82, 2.24) is 4.98 Å². The lowest BCUT2D eigenvalue weighted by Gasteiger charge is -2.12. The van der Waals surface area contributed by atoms with Gasteiger partial charge in [-0.2, -0.15) is 0 Å². The third kappa shape index (κ3) is 2.97. The largest absolute Gasteiger partial charge is 0.396 e. The van der Waals surface area contributed by atoms with Crippen molar-refractivity contribution < 1.29 is 0 Å². The number of nitrogen functional groups attached to an aromatic ring is 1. The van der Waals surface area contributed by atoms with Crippen LogP contribution in [0.25, 0.3) is 10.9 Å². The molecular formula is C18H19N3. The van der Waals surface area contributed by atoms with Gasteiger partial charge in [0.2, 0.25) is 0 Å². The van der Waals surface area contributed by atoms with Crippen molar-refractivity contribution in [3.63, 3.8) is 0 Å². The van der Waals surface area contributed by atoms with Crippen molar-refractivity contribution in [2.24, 2.45) is 0 Å². The van der Waals surface area contributed by atoms with E-state index >= 15 is 0 Å². The summed E-state index contributed by atoms with van der Waals surface area (Å²) in [5.41, 5.74) is 11.3. The smallest absolute Gasteiger partial charge is 0.0743 e. The Labute approximate surface area is 124 Å². The van der Waals surface area contributed by atoms with E-state index in [1.807, 2.05) is 24.3 Å². The average Bonchev–Trinajstić information content (AvgIpc) is 2.50. The Kier molecular flexibility index (Phi) is 3.73. The molecule has 2 aromatic carbocycles. The number of hydrogen-bond donors (Lipinski definition) is 2. The fourth-order valence-corrected chi connectivity index (χ4v) is 2.55. The number of rotatable bonds is 4. The molecule has 0 saturated heterocycles. The number of aryl methyl sites for hydroxylation is 1. The van der Waals surface area contributed by atoms with Crippen LogP contribution in [0.15, 0.2) is 54.7 Å². The van der Waals surface area contributed by atoms with Gasteiger partial charge in [0, 0.05) is 11.9 Å². The molecule has 1 aromatic heterocycles. The van der Waals surface area contributed by atoms with E-state index in [1.54, 1.807) is 6.20 Å². The molecule has 0 amide bonds. The van der Waals surface area contributed by atoms with Crippen LogP contribution >= 0.6 is 0 Å². The second-order valence-electron chi connectivity index (χ2n) is 5.27. The summed E-state index contributed by atoms with van der Waals surface area (Å²) in [6.07, 6.45) is 2.69. The van der Waals surface area contributed by atoms with Gasteiger partial charge in [-0.25, -0.2) is 0 Å². The number of benzene rings is 2. The predicted molar refractivity (Wildman–Crippen MR) is 89.5 cm³/mol. The van der Waals surface area contributed by atoms with Gasteiger partial charge in [0.25, 0.3) is 0 Å². The summed E-state index contributed by atoms with van der Waals surface area (Å²) >= 11 is 0. The van der Waals surface area contributed by atoms with Crippen molar-refractivity contribution >= 4 is 22.3 Å². The van der Waals surface area contributed by atoms with Gasteiger partial charge in [-0.1, -0.05) is 48.0 Å². The van der Waals surface area contributed by atoms with E-state index in [9.17, 15) is 0 Å². The summed E-state index contributed by atoms with van der Waals surface area (Å²) in [7, 11) is 0. The van der Waals surface area contributed by atoms with Crippen LogP contribution in [0.3, 0.4) is 0 Å². The normalized spacial score (nSPS) is 10.7. The first-order chi connectivity index (χ1) is 10.2. The maximum atomic E-state index is 6.07. The van der Waals surface area contributed by atoms with Gasteiger partial charge in [-0.15, -0.1) is 0 Å². The third-order valence-electron chi connectivity index (χ3n) is 3.60. The van der Waals surface area contributed by atoms with Crippen molar-refractivity contribution in [1.29, 1.82) is 0 Å². The van der Waals surface area contributed by atoms with Crippen LogP contribution < -0.4 is 11.1 Å². The fraction of sp³-hybridized carbons (Fsp3) is 0.167. The number of aromatic nitrogens is 1. The van der Waals surface area contributed by atoms with Crippen LogP contribution in [-0.2, 0) is 6.42 Å². The number of nitrogens with one attached hydrogen (secondary N) is 1. The zero-order valence-corrected chi connectivity index (χ0v) is 12.1. The minimum atomic E-state index is 0.693. The molecule has 0 atom stereocenters. The van der Waals surface area contributed by atoms with E-state index in [2.05, 4.69) is 41.5 Å². The molecule has 3 nitrogen and oxygen atoms in total. The molecule has 3 aromatic rings. The van der Waals surface area contributed by atoms with Gasteiger partial charge < -0.3 is 11.1 Å².